The van der Waals surface area contributed by atoms with Gasteiger partial charge in [-0.25, -0.2) is 0 Å². The molecule has 1 unspecified atom stereocenters. The van der Waals surface area contributed by atoms with Crippen molar-refractivity contribution < 1.29 is 28.6 Å². The van der Waals surface area contributed by atoms with E-state index in [1.165, 1.54) is 77.0 Å². The highest BCUT2D eigenvalue weighted by molar-refractivity contribution is 5.71. The fourth-order valence-electron chi connectivity index (χ4n) is 6.91. The first-order chi connectivity index (χ1) is 35.0. The van der Waals surface area contributed by atoms with Crippen molar-refractivity contribution in [1.82, 2.24) is 0 Å². The number of esters is 3. The van der Waals surface area contributed by atoms with Gasteiger partial charge in [0.05, 0.1) is 0 Å². The SMILES string of the molecule is CC\C=C/C=C\C=C/C=C\C=C\C=C/CCCCCC(=O)OCC(COC(=O)CCCCCCCCCCCC/C=C\C=C/CCCCC)OC(=O)CCCCC\C=C/C=C/C=C\C=C/C=C\C=C/CC. The lowest BCUT2D eigenvalue weighted by Crippen LogP contribution is -2.30. The minimum atomic E-state index is -0.832. The van der Waals surface area contributed by atoms with Gasteiger partial charge in [-0.1, -0.05) is 268 Å². The molecule has 1 atom stereocenters. The predicted octanol–water partition coefficient (Wildman–Crippen LogP) is 18.8. The van der Waals surface area contributed by atoms with Gasteiger partial charge in [0, 0.05) is 19.3 Å². The summed E-state index contributed by atoms with van der Waals surface area (Å²) in [6, 6.07) is 0. The van der Waals surface area contributed by atoms with Gasteiger partial charge in [0.25, 0.3) is 0 Å². The third kappa shape index (κ3) is 55.6. The molecule has 71 heavy (non-hydrogen) atoms. The third-order valence-electron chi connectivity index (χ3n) is 11.0. The molecule has 0 amide bonds. The predicted molar refractivity (Wildman–Crippen MR) is 306 cm³/mol. The summed E-state index contributed by atoms with van der Waals surface area (Å²) >= 11 is 0. The molecule has 0 aliphatic carbocycles. The Labute approximate surface area is 434 Å². The number of allylic oxidation sites excluding steroid dienone is 28. The number of hydrogen-bond acceptors (Lipinski definition) is 6. The van der Waals surface area contributed by atoms with E-state index >= 15 is 0 Å². The fourth-order valence-corrected chi connectivity index (χ4v) is 6.91. The van der Waals surface area contributed by atoms with E-state index < -0.39 is 6.10 Å². The Morgan fingerprint density at radius 3 is 0.887 bits per heavy atom. The van der Waals surface area contributed by atoms with Crippen molar-refractivity contribution in [2.75, 3.05) is 13.2 Å². The molecule has 0 aromatic carbocycles. The summed E-state index contributed by atoms with van der Waals surface area (Å²) in [6.07, 6.45) is 84.7. The van der Waals surface area contributed by atoms with Gasteiger partial charge in [-0.2, -0.15) is 0 Å². The summed E-state index contributed by atoms with van der Waals surface area (Å²) in [5, 5.41) is 0. The van der Waals surface area contributed by atoms with Crippen molar-refractivity contribution in [1.29, 1.82) is 0 Å². The highest BCUT2D eigenvalue weighted by atomic mass is 16.6. The molecule has 0 aromatic heterocycles. The first kappa shape index (κ1) is 65.8. The van der Waals surface area contributed by atoms with E-state index in [4.69, 9.17) is 14.2 Å². The molecule has 6 heteroatoms. The van der Waals surface area contributed by atoms with E-state index in [1.807, 2.05) is 122 Å². The van der Waals surface area contributed by atoms with Crippen LogP contribution in [0.1, 0.15) is 201 Å². The molecule has 0 aliphatic rings. The molecule has 0 saturated heterocycles. The van der Waals surface area contributed by atoms with Crippen molar-refractivity contribution in [2.45, 2.75) is 207 Å². The lowest BCUT2D eigenvalue weighted by Gasteiger charge is -2.18. The minimum Gasteiger partial charge on any atom is -0.462 e. The second-order valence-corrected chi connectivity index (χ2v) is 17.7. The fraction of sp³-hybridized carbons (Fsp3) is 0.523. The van der Waals surface area contributed by atoms with Crippen LogP contribution in [0.5, 0.6) is 0 Å². The number of hydrogen-bond donors (Lipinski definition) is 0. The maximum atomic E-state index is 12.8. The Bertz CT molecular complexity index is 1690. The molecular formula is C65H98O6. The smallest absolute Gasteiger partial charge is 0.306 e. The van der Waals surface area contributed by atoms with Gasteiger partial charge >= 0.3 is 17.9 Å². The molecule has 394 valence electrons. The van der Waals surface area contributed by atoms with E-state index in [9.17, 15) is 14.4 Å². The average molecular weight is 975 g/mol. The zero-order valence-corrected chi connectivity index (χ0v) is 44.9. The third-order valence-corrected chi connectivity index (χ3v) is 11.0. The molecule has 0 radical (unpaired) electrons. The van der Waals surface area contributed by atoms with Crippen LogP contribution < -0.4 is 0 Å². The molecule has 0 fully saturated rings. The van der Waals surface area contributed by atoms with Crippen LogP contribution >= 0.6 is 0 Å². The number of ether oxygens (including phenoxy) is 3. The van der Waals surface area contributed by atoms with Crippen LogP contribution in [0.15, 0.2) is 170 Å². The van der Waals surface area contributed by atoms with Crippen LogP contribution in [0, 0.1) is 0 Å². The first-order valence-corrected chi connectivity index (χ1v) is 27.8. The monoisotopic (exact) mass is 975 g/mol. The van der Waals surface area contributed by atoms with Gasteiger partial charge in [0.2, 0.25) is 0 Å². The molecule has 0 aliphatic heterocycles. The Hall–Kier alpha value is -5.23. The number of rotatable bonds is 47. The molecule has 0 heterocycles. The van der Waals surface area contributed by atoms with E-state index in [2.05, 4.69) is 69.4 Å². The minimum absolute atomic E-state index is 0.122. The van der Waals surface area contributed by atoms with Crippen LogP contribution in [0.3, 0.4) is 0 Å². The zero-order valence-electron chi connectivity index (χ0n) is 44.9. The van der Waals surface area contributed by atoms with Crippen LogP contribution in [-0.4, -0.2) is 37.2 Å². The van der Waals surface area contributed by atoms with Gasteiger partial charge in [-0.3, -0.25) is 14.4 Å². The molecule has 0 spiro atoms. The molecule has 0 bridgehead atoms. The zero-order chi connectivity index (χ0) is 51.4. The highest BCUT2D eigenvalue weighted by Gasteiger charge is 2.19. The van der Waals surface area contributed by atoms with Crippen molar-refractivity contribution in [3.05, 3.63) is 170 Å². The van der Waals surface area contributed by atoms with Crippen LogP contribution in [0.2, 0.25) is 0 Å². The van der Waals surface area contributed by atoms with E-state index in [0.717, 1.165) is 70.6 Å². The van der Waals surface area contributed by atoms with Crippen molar-refractivity contribution in [3.8, 4) is 0 Å². The summed E-state index contributed by atoms with van der Waals surface area (Å²) in [4.78, 5) is 38.2. The lowest BCUT2D eigenvalue weighted by molar-refractivity contribution is -0.167. The van der Waals surface area contributed by atoms with Gasteiger partial charge in [0.1, 0.15) is 13.2 Å². The summed E-state index contributed by atoms with van der Waals surface area (Å²) in [5.41, 5.74) is 0. The normalized spacial score (nSPS) is 13.5. The number of unbranched alkanes of at least 4 members (excludes halogenated alkanes) is 19. The van der Waals surface area contributed by atoms with Gasteiger partial charge in [0.15, 0.2) is 6.10 Å². The molecular weight excluding hydrogens is 877 g/mol. The summed E-state index contributed by atoms with van der Waals surface area (Å²) in [6.45, 7) is 6.22. The van der Waals surface area contributed by atoms with E-state index in [-0.39, 0.29) is 44.0 Å². The van der Waals surface area contributed by atoms with E-state index in [0.29, 0.717) is 19.3 Å². The molecule has 0 saturated carbocycles. The molecule has 0 rings (SSSR count). The van der Waals surface area contributed by atoms with Crippen LogP contribution in [0.4, 0.5) is 0 Å². The quantitative estimate of drug-likeness (QED) is 0.0262. The maximum absolute atomic E-state index is 12.8. The Morgan fingerprint density at radius 2 is 0.549 bits per heavy atom. The Morgan fingerprint density at radius 1 is 0.296 bits per heavy atom. The molecule has 6 nitrogen and oxygen atoms in total. The summed E-state index contributed by atoms with van der Waals surface area (Å²) in [7, 11) is 0. The highest BCUT2D eigenvalue weighted by Crippen LogP contribution is 2.14. The average Bonchev–Trinajstić information content (AvgIpc) is 3.37. The number of carbonyl (C=O) groups excluding carboxylic acids is 3. The Balaban J connectivity index is 4.60. The van der Waals surface area contributed by atoms with Crippen molar-refractivity contribution in [3.63, 3.8) is 0 Å². The summed E-state index contributed by atoms with van der Waals surface area (Å²) in [5.74, 6) is -1.03. The van der Waals surface area contributed by atoms with Gasteiger partial charge < -0.3 is 14.2 Å². The van der Waals surface area contributed by atoms with Crippen molar-refractivity contribution in [2.24, 2.45) is 0 Å². The largest absolute Gasteiger partial charge is 0.462 e. The van der Waals surface area contributed by atoms with Crippen LogP contribution in [0.25, 0.3) is 0 Å². The molecule has 0 N–H and O–H groups in total. The topological polar surface area (TPSA) is 78.9 Å². The first-order valence-electron chi connectivity index (χ1n) is 27.8. The Kier molecular flexibility index (Phi) is 53.1. The second-order valence-electron chi connectivity index (χ2n) is 17.7. The molecule has 0 aromatic rings. The van der Waals surface area contributed by atoms with Crippen LogP contribution in [-0.2, 0) is 28.6 Å². The second kappa shape index (κ2) is 57.3. The van der Waals surface area contributed by atoms with Gasteiger partial charge in [-0.15, -0.1) is 0 Å². The van der Waals surface area contributed by atoms with E-state index in [1.54, 1.807) is 0 Å². The number of carbonyl (C=O) groups is 3. The standard InChI is InChI=1S/C65H98O6/c1-4-7-10-13-16-19-22-25-28-31-32-35-37-40-43-46-49-52-55-58-64(67)70-61-62(71-65(68)59-56-53-50-47-44-41-38-34-30-27-24-21-18-15-12-9-6-3)60-69-63(66)57-54-51-48-45-42-39-36-33-29-26-23-20-17-14-11-8-5-2/h8-9,11-12,14-27,29-30,33-34,36,38-39,41-42,44,62H,4-7,10,13,28,31-32,35,37,40,43,45-61H2,1-3H3/b11-8-,12-9-,17-14-,18-15-,19-16-,23-20-,24-21-,25-22-,29-26-,30-27-,36-33+,38-34+,42-39-,44-41-. The van der Waals surface area contributed by atoms with Gasteiger partial charge in [-0.05, 0) is 83.5 Å². The maximum Gasteiger partial charge on any atom is 0.306 e. The van der Waals surface area contributed by atoms with Crippen molar-refractivity contribution >= 4 is 17.9 Å². The summed E-state index contributed by atoms with van der Waals surface area (Å²) < 4.78 is 16.8. The lowest BCUT2D eigenvalue weighted by atomic mass is 10.1.